The monoisotopic (exact) mass is 262 g/mol. The number of hydrogen-bond donors (Lipinski definition) is 2. The van der Waals surface area contributed by atoms with Crippen LogP contribution in [0.15, 0.2) is 6.07 Å². The van der Waals surface area contributed by atoms with Crippen LogP contribution >= 0.6 is 0 Å². The van der Waals surface area contributed by atoms with E-state index in [9.17, 15) is 18.3 Å². The lowest BCUT2D eigenvalue weighted by Crippen LogP contribution is -2.30. The number of rotatable bonds is 1. The van der Waals surface area contributed by atoms with Crippen molar-refractivity contribution in [2.75, 3.05) is 23.7 Å². The molecule has 5 nitrogen and oxygen atoms in total. The second-order valence-corrected chi connectivity index (χ2v) is 4.64. The summed E-state index contributed by atoms with van der Waals surface area (Å²) in [6, 6.07) is 1.27. The van der Waals surface area contributed by atoms with Crippen molar-refractivity contribution in [2.45, 2.75) is 25.1 Å². The molecule has 2 heterocycles. The molecule has 0 aromatic carbocycles. The highest BCUT2D eigenvalue weighted by Gasteiger charge is 2.37. The molecule has 1 aliphatic heterocycles. The quantitative estimate of drug-likeness (QED) is 0.791. The van der Waals surface area contributed by atoms with E-state index >= 15 is 0 Å². The molecule has 2 rings (SSSR count). The minimum absolute atomic E-state index is 0.0904. The third-order valence-corrected chi connectivity index (χ3v) is 2.76. The number of nitrogens with zero attached hydrogens (tertiary/aromatic N) is 3. The molecule has 1 fully saturated rings. The summed E-state index contributed by atoms with van der Waals surface area (Å²) in [4.78, 5) is 8.18. The zero-order valence-electron chi connectivity index (χ0n) is 9.70. The maximum Gasteiger partial charge on any atom is 0.451 e. The first-order valence-electron chi connectivity index (χ1n) is 5.36. The third-order valence-electron chi connectivity index (χ3n) is 2.76. The molecular formula is C10H13F3N4O. The van der Waals surface area contributed by atoms with E-state index in [2.05, 4.69) is 9.97 Å². The van der Waals surface area contributed by atoms with E-state index in [0.717, 1.165) is 0 Å². The Kier molecular flexibility index (Phi) is 2.84. The Bertz CT molecular complexity index is 461. The smallest absolute Gasteiger partial charge is 0.388 e. The summed E-state index contributed by atoms with van der Waals surface area (Å²) in [5, 5.41) is 9.79. The Morgan fingerprint density at radius 1 is 1.44 bits per heavy atom. The van der Waals surface area contributed by atoms with E-state index in [1.54, 1.807) is 11.8 Å². The lowest BCUT2D eigenvalue weighted by molar-refractivity contribution is -0.144. The molecule has 0 saturated carbocycles. The predicted molar refractivity (Wildman–Crippen MR) is 58.9 cm³/mol. The molecule has 100 valence electrons. The van der Waals surface area contributed by atoms with Crippen LogP contribution in [0, 0.1) is 0 Å². The van der Waals surface area contributed by atoms with Crippen LogP contribution in [0.5, 0.6) is 0 Å². The Labute approximate surface area is 101 Å². The molecule has 3 N–H and O–H groups in total. The number of β-amino-alcohol motifs (C(OH)–C–C–N with tert-alkyl or cyclic N) is 1. The van der Waals surface area contributed by atoms with Crippen LogP contribution in [0.3, 0.4) is 0 Å². The van der Waals surface area contributed by atoms with E-state index in [1.807, 2.05) is 0 Å². The average Bonchev–Trinajstić information content (AvgIpc) is 2.56. The molecule has 18 heavy (non-hydrogen) atoms. The van der Waals surface area contributed by atoms with Gasteiger partial charge in [0, 0.05) is 19.2 Å². The van der Waals surface area contributed by atoms with Crippen molar-refractivity contribution in [3.8, 4) is 0 Å². The summed E-state index contributed by atoms with van der Waals surface area (Å²) in [5.41, 5.74) is 4.43. The minimum atomic E-state index is -4.63. The topological polar surface area (TPSA) is 75.3 Å². The largest absolute Gasteiger partial charge is 0.451 e. The highest BCUT2D eigenvalue weighted by atomic mass is 19.4. The number of nitrogens with two attached hydrogens (primary N) is 1. The molecule has 1 aromatic heterocycles. The standard InChI is InChI=1S/C10H13F3N4O/c1-9(18)2-3-17(5-9)7-4-6(14)15-8(16-7)10(11,12)13/h4,18H,2-3,5H2,1H3,(H2,14,15,16). The normalized spacial score (nSPS) is 24.6. The lowest BCUT2D eigenvalue weighted by atomic mass is 10.1. The van der Waals surface area contributed by atoms with Crippen molar-refractivity contribution < 1.29 is 18.3 Å². The molecule has 8 heteroatoms. The second kappa shape index (κ2) is 3.98. The highest BCUT2D eigenvalue weighted by Crippen LogP contribution is 2.31. The SMILES string of the molecule is CC1(O)CCN(c2cc(N)nc(C(F)(F)F)n2)C1. The number of halogens is 3. The number of aliphatic hydroxyl groups is 1. The maximum absolute atomic E-state index is 12.5. The Balaban J connectivity index is 2.32. The van der Waals surface area contributed by atoms with Gasteiger partial charge in [-0.1, -0.05) is 0 Å². The van der Waals surface area contributed by atoms with E-state index < -0.39 is 17.6 Å². The summed E-state index contributed by atoms with van der Waals surface area (Å²) >= 11 is 0. The number of nitrogen functional groups attached to an aromatic ring is 1. The minimum Gasteiger partial charge on any atom is -0.388 e. The second-order valence-electron chi connectivity index (χ2n) is 4.64. The van der Waals surface area contributed by atoms with Gasteiger partial charge < -0.3 is 15.7 Å². The van der Waals surface area contributed by atoms with Gasteiger partial charge in [0.2, 0.25) is 5.82 Å². The Morgan fingerprint density at radius 3 is 2.61 bits per heavy atom. The van der Waals surface area contributed by atoms with Gasteiger partial charge in [-0.05, 0) is 13.3 Å². The number of aromatic nitrogens is 2. The molecule has 0 bridgehead atoms. The van der Waals surface area contributed by atoms with Crippen molar-refractivity contribution in [1.82, 2.24) is 9.97 Å². The van der Waals surface area contributed by atoms with E-state index in [4.69, 9.17) is 5.73 Å². The molecule has 1 unspecified atom stereocenters. The van der Waals surface area contributed by atoms with Crippen molar-refractivity contribution >= 4 is 11.6 Å². The summed E-state index contributed by atoms with van der Waals surface area (Å²) < 4.78 is 37.6. The molecule has 1 aliphatic rings. The number of alkyl halides is 3. The van der Waals surface area contributed by atoms with Crippen LogP contribution in [0.1, 0.15) is 19.2 Å². The first kappa shape index (κ1) is 12.9. The van der Waals surface area contributed by atoms with Gasteiger partial charge in [-0.3, -0.25) is 0 Å². The maximum atomic E-state index is 12.5. The fourth-order valence-electron chi connectivity index (χ4n) is 1.88. The average molecular weight is 262 g/mol. The van der Waals surface area contributed by atoms with Crippen LogP contribution in [0.2, 0.25) is 0 Å². The fourth-order valence-corrected chi connectivity index (χ4v) is 1.88. The van der Waals surface area contributed by atoms with Crippen molar-refractivity contribution in [3.05, 3.63) is 11.9 Å². The molecule has 1 atom stereocenters. The molecular weight excluding hydrogens is 249 g/mol. The third kappa shape index (κ3) is 2.63. The van der Waals surface area contributed by atoms with Crippen molar-refractivity contribution in [3.63, 3.8) is 0 Å². The molecule has 1 aromatic rings. The molecule has 1 saturated heterocycles. The van der Waals surface area contributed by atoms with Crippen molar-refractivity contribution in [2.24, 2.45) is 0 Å². The highest BCUT2D eigenvalue weighted by molar-refractivity contribution is 5.48. The Morgan fingerprint density at radius 2 is 2.11 bits per heavy atom. The van der Waals surface area contributed by atoms with Crippen LogP contribution in [-0.4, -0.2) is 33.8 Å². The first-order valence-corrected chi connectivity index (χ1v) is 5.36. The van der Waals surface area contributed by atoms with Crippen LogP contribution < -0.4 is 10.6 Å². The van der Waals surface area contributed by atoms with Gasteiger partial charge in [0.05, 0.1) is 5.60 Å². The molecule has 0 aliphatic carbocycles. The molecule has 0 radical (unpaired) electrons. The van der Waals surface area contributed by atoms with Crippen molar-refractivity contribution in [1.29, 1.82) is 0 Å². The van der Waals surface area contributed by atoms with E-state index in [0.29, 0.717) is 13.0 Å². The van der Waals surface area contributed by atoms with Gasteiger partial charge in [-0.25, -0.2) is 9.97 Å². The first-order chi connectivity index (χ1) is 8.17. The van der Waals surface area contributed by atoms with Crippen LogP contribution in [-0.2, 0) is 6.18 Å². The van der Waals surface area contributed by atoms with Gasteiger partial charge in [-0.2, -0.15) is 13.2 Å². The van der Waals surface area contributed by atoms with Gasteiger partial charge in [0.1, 0.15) is 11.6 Å². The fraction of sp³-hybridized carbons (Fsp3) is 0.600. The zero-order valence-corrected chi connectivity index (χ0v) is 9.70. The predicted octanol–water partition coefficient (Wildman–Crippen LogP) is 1.04. The van der Waals surface area contributed by atoms with Gasteiger partial charge in [-0.15, -0.1) is 0 Å². The zero-order chi connectivity index (χ0) is 13.6. The summed E-state index contributed by atoms with van der Waals surface area (Å²) in [7, 11) is 0. The lowest BCUT2D eigenvalue weighted by Gasteiger charge is -2.20. The van der Waals surface area contributed by atoms with Gasteiger partial charge in [0.25, 0.3) is 0 Å². The Hall–Kier alpha value is -1.57. The van der Waals surface area contributed by atoms with E-state index in [-0.39, 0.29) is 18.2 Å². The summed E-state index contributed by atoms with van der Waals surface area (Å²) in [6.07, 6.45) is -4.16. The van der Waals surface area contributed by atoms with Gasteiger partial charge in [0.15, 0.2) is 0 Å². The number of anilines is 2. The summed E-state index contributed by atoms with van der Waals surface area (Å²) in [6.45, 7) is 2.28. The molecule has 0 spiro atoms. The van der Waals surface area contributed by atoms with Gasteiger partial charge >= 0.3 is 6.18 Å². The van der Waals surface area contributed by atoms with Crippen LogP contribution in [0.25, 0.3) is 0 Å². The molecule has 0 amide bonds. The summed E-state index contributed by atoms with van der Waals surface area (Å²) in [5.74, 6) is -1.41. The van der Waals surface area contributed by atoms with E-state index in [1.165, 1.54) is 6.07 Å². The van der Waals surface area contributed by atoms with Crippen LogP contribution in [0.4, 0.5) is 24.8 Å². The number of hydrogen-bond acceptors (Lipinski definition) is 5.